The van der Waals surface area contributed by atoms with Gasteiger partial charge in [-0.3, -0.25) is 0 Å². The summed E-state index contributed by atoms with van der Waals surface area (Å²) in [6.45, 7) is 0.801. The van der Waals surface area contributed by atoms with Crippen molar-refractivity contribution in [1.82, 2.24) is 10.6 Å². The Hall–Kier alpha value is -1.47. The molecule has 0 fully saturated rings. The lowest BCUT2D eigenvalue weighted by Crippen LogP contribution is -2.34. The lowest BCUT2D eigenvalue weighted by Gasteiger charge is -2.02. The maximum Gasteiger partial charge on any atom is 0.315 e. The van der Waals surface area contributed by atoms with Crippen molar-refractivity contribution in [2.24, 2.45) is 0 Å². The van der Waals surface area contributed by atoms with E-state index in [1.807, 2.05) is 16.8 Å². The molecule has 0 aliphatic carbocycles. The third-order valence-corrected chi connectivity index (χ3v) is 2.12. The van der Waals surface area contributed by atoms with E-state index in [9.17, 15) is 4.79 Å². The zero-order valence-electron chi connectivity index (χ0n) is 7.04. The summed E-state index contributed by atoms with van der Waals surface area (Å²) in [7, 11) is 0. The second-order valence-corrected chi connectivity index (χ2v) is 3.15. The van der Waals surface area contributed by atoms with Crippen LogP contribution in [0.4, 0.5) is 4.79 Å². The molecule has 0 aromatic carbocycles. The summed E-state index contributed by atoms with van der Waals surface area (Å²) in [6, 6.07) is 1.73. The first-order valence-corrected chi connectivity index (χ1v) is 4.73. The van der Waals surface area contributed by atoms with Gasteiger partial charge in [0.1, 0.15) is 0 Å². The molecule has 0 radical (unpaired) electrons. The molecule has 0 unspecified atom stereocenters. The van der Waals surface area contributed by atoms with E-state index in [4.69, 9.17) is 6.42 Å². The van der Waals surface area contributed by atoms with Crippen LogP contribution in [-0.2, 0) is 6.54 Å². The van der Waals surface area contributed by atoms with Crippen molar-refractivity contribution in [3.8, 4) is 12.3 Å². The van der Waals surface area contributed by atoms with Crippen molar-refractivity contribution in [2.45, 2.75) is 6.54 Å². The Morgan fingerprint density at radius 2 is 2.46 bits per heavy atom. The van der Waals surface area contributed by atoms with E-state index >= 15 is 0 Å². The van der Waals surface area contributed by atoms with Gasteiger partial charge in [0.25, 0.3) is 0 Å². The average molecular weight is 194 g/mol. The van der Waals surface area contributed by atoms with Crippen LogP contribution in [0.2, 0.25) is 0 Å². The van der Waals surface area contributed by atoms with Crippen LogP contribution in [0.25, 0.3) is 0 Å². The summed E-state index contributed by atoms with van der Waals surface area (Å²) in [5.41, 5.74) is 1.10. The van der Waals surface area contributed by atoms with Crippen LogP contribution in [0.1, 0.15) is 5.56 Å². The van der Waals surface area contributed by atoms with E-state index in [2.05, 4.69) is 16.6 Å². The largest absolute Gasteiger partial charge is 0.334 e. The molecule has 1 rings (SSSR count). The van der Waals surface area contributed by atoms with Gasteiger partial charge in [0.2, 0.25) is 0 Å². The van der Waals surface area contributed by atoms with Crippen LogP contribution in [0.3, 0.4) is 0 Å². The van der Waals surface area contributed by atoms with E-state index in [1.165, 1.54) is 0 Å². The average Bonchev–Trinajstić information content (AvgIpc) is 2.64. The fourth-order valence-corrected chi connectivity index (χ4v) is 1.44. The van der Waals surface area contributed by atoms with Crippen LogP contribution in [0.5, 0.6) is 0 Å². The predicted octanol–water partition coefficient (Wildman–Crippen LogP) is 1.18. The second-order valence-electron chi connectivity index (χ2n) is 2.37. The fourth-order valence-electron chi connectivity index (χ4n) is 0.769. The number of terminal acetylenes is 1. The molecule has 0 aliphatic rings. The molecule has 68 valence electrons. The third-order valence-electron chi connectivity index (χ3n) is 1.38. The number of carbonyl (C=O) groups excluding carboxylic acids is 1. The van der Waals surface area contributed by atoms with E-state index in [0.29, 0.717) is 6.54 Å². The summed E-state index contributed by atoms with van der Waals surface area (Å²) < 4.78 is 0. The van der Waals surface area contributed by atoms with Gasteiger partial charge in [0.15, 0.2) is 0 Å². The highest BCUT2D eigenvalue weighted by atomic mass is 32.1. The van der Waals surface area contributed by atoms with Crippen LogP contribution in [0.15, 0.2) is 16.8 Å². The summed E-state index contributed by atoms with van der Waals surface area (Å²) in [6.07, 6.45) is 4.98. The van der Waals surface area contributed by atoms with Crippen molar-refractivity contribution in [2.75, 3.05) is 6.54 Å². The lowest BCUT2D eigenvalue weighted by atomic mass is 10.3. The topological polar surface area (TPSA) is 41.1 Å². The Balaban J connectivity index is 2.20. The van der Waals surface area contributed by atoms with Gasteiger partial charge < -0.3 is 10.6 Å². The summed E-state index contributed by atoms with van der Waals surface area (Å²) in [5, 5.41) is 9.15. The second kappa shape index (κ2) is 5.22. The molecule has 4 heteroatoms. The molecule has 0 atom stereocenters. The van der Waals surface area contributed by atoms with Gasteiger partial charge in [-0.2, -0.15) is 11.3 Å². The highest BCUT2D eigenvalue weighted by molar-refractivity contribution is 7.07. The summed E-state index contributed by atoms with van der Waals surface area (Å²) in [4.78, 5) is 11.0. The highest BCUT2D eigenvalue weighted by Gasteiger charge is 1.97. The molecular formula is C9H10N2OS. The molecule has 0 spiro atoms. The molecule has 2 N–H and O–H groups in total. The van der Waals surface area contributed by atoms with Crippen molar-refractivity contribution >= 4 is 17.4 Å². The van der Waals surface area contributed by atoms with Crippen LogP contribution < -0.4 is 10.6 Å². The van der Waals surface area contributed by atoms with Gasteiger partial charge in [0, 0.05) is 6.54 Å². The van der Waals surface area contributed by atoms with Gasteiger partial charge in [-0.25, -0.2) is 4.79 Å². The lowest BCUT2D eigenvalue weighted by molar-refractivity contribution is 0.241. The number of hydrogen-bond acceptors (Lipinski definition) is 2. The number of rotatable bonds is 3. The van der Waals surface area contributed by atoms with Gasteiger partial charge in [0.05, 0.1) is 6.54 Å². The van der Waals surface area contributed by atoms with Crippen LogP contribution in [-0.4, -0.2) is 12.6 Å². The molecule has 1 aromatic rings. The maximum atomic E-state index is 11.0. The molecule has 3 nitrogen and oxygen atoms in total. The minimum atomic E-state index is -0.232. The molecule has 0 saturated heterocycles. The summed E-state index contributed by atoms with van der Waals surface area (Å²) in [5.74, 6) is 2.32. The molecule has 1 aromatic heterocycles. The van der Waals surface area contributed by atoms with E-state index in [1.54, 1.807) is 11.3 Å². The predicted molar refractivity (Wildman–Crippen MR) is 53.4 cm³/mol. The molecule has 13 heavy (non-hydrogen) atoms. The summed E-state index contributed by atoms with van der Waals surface area (Å²) >= 11 is 1.61. The van der Waals surface area contributed by atoms with Crippen molar-refractivity contribution < 1.29 is 4.79 Å². The molecule has 0 saturated carbocycles. The minimum absolute atomic E-state index is 0.232. The Morgan fingerprint density at radius 1 is 1.62 bits per heavy atom. The smallest absolute Gasteiger partial charge is 0.315 e. The maximum absolute atomic E-state index is 11.0. The molecule has 0 aliphatic heterocycles. The van der Waals surface area contributed by atoms with Crippen molar-refractivity contribution in [3.05, 3.63) is 22.4 Å². The fraction of sp³-hybridized carbons (Fsp3) is 0.222. The number of hydrogen-bond donors (Lipinski definition) is 2. The molecule has 2 amide bonds. The monoisotopic (exact) mass is 194 g/mol. The Labute approximate surface area is 81.2 Å². The Kier molecular flexibility index (Phi) is 3.86. The molecular weight excluding hydrogens is 184 g/mol. The zero-order chi connectivity index (χ0) is 9.52. The third kappa shape index (κ3) is 3.63. The van der Waals surface area contributed by atoms with E-state index < -0.39 is 0 Å². The normalized spacial score (nSPS) is 8.85. The van der Waals surface area contributed by atoms with Gasteiger partial charge >= 0.3 is 6.03 Å². The van der Waals surface area contributed by atoms with Gasteiger partial charge in [-0.15, -0.1) is 6.42 Å². The number of carbonyl (C=O) groups is 1. The van der Waals surface area contributed by atoms with E-state index in [0.717, 1.165) is 5.56 Å². The first-order chi connectivity index (χ1) is 6.33. The number of nitrogens with one attached hydrogen (secondary N) is 2. The standard InChI is InChI=1S/C9H10N2OS/c1-2-4-10-9(12)11-6-8-3-5-13-7-8/h1,3,5,7H,4,6H2,(H2,10,11,12). The first-order valence-electron chi connectivity index (χ1n) is 3.79. The molecule has 1 heterocycles. The highest BCUT2D eigenvalue weighted by Crippen LogP contribution is 2.04. The van der Waals surface area contributed by atoms with Gasteiger partial charge in [-0.1, -0.05) is 5.92 Å². The SMILES string of the molecule is C#CCNC(=O)NCc1ccsc1. The molecule has 0 bridgehead atoms. The van der Waals surface area contributed by atoms with Crippen molar-refractivity contribution in [1.29, 1.82) is 0 Å². The van der Waals surface area contributed by atoms with Crippen LogP contribution >= 0.6 is 11.3 Å². The number of thiophene rings is 1. The van der Waals surface area contributed by atoms with Crippen LogP contribution in [0, 0.1) is 12.3 Å². The van der Waals surface area contributed by atoms with Crippen molar-refractivity contribution in [3.63, 3.8) is 0 Å². The first kappa shape index (κ1) is 9.62. The van der Waals surface area contributed by atoms with Gasteiger partial charge in [-0.05, 0) is 22.4 Å². The Morgan fingerprint density at radius 3 is 3.08 bits per heavy atom. The Bertz CT molecular complexity index is 300. The quantitative estimate of drug-likeness (QED) is 0.697. The van der Waals surface area contributed by atoms with E-state index in [-0.39, 0.29) is 12.6 Å². The number of amides is 2. The number of urea groups is 1. The zero-order valence-corrected chi connectivity index (χ0v) is 7.86. The minimum Gasteiger partial charge on any atom is -0.334 e.